The lowest BCUT2D eigenvalue weighted by Crippen LogP contribution is -2.11. The van der Waals surface area contributed by atoms with Crippen molar-refractivity contribution in [3.05, 3.63) is 48.7 Å². The van der Waals surface area contributed by atoms with Gasteiger partial charge in [0.25, 0.3) is 0 Å². The van der Waals surface area contributed by atoms with Crippen LogP contribution in [-0.4, -0.2) is 35.3 Å². The molecule has 0 saturated heterocycles. The Balaban J connectivity index is 1.59. The quantitative estimate of drug-likeness (QED) is 0.329. The molecule has 8 nitrogen and oxygen atoms in total. The number of hydrogen-bond acceptors (Lipinski definition) is 6. The molecule has 9 heteroatoms. The topological polar surface area (TPSA) is 118 Å². The fourth-order valence-corrected chi connectivity index (χ4v) is 4.59. The molecule has 2 aromatic carbocycles. The van der Waals surface area contributed by atoms with Gasteiger partial charge in [0, 0.05) is 23.9 Å². The highest BCUT2D eigenvalue weighted by atomic mass is 32.2. The number of oxazole rings is 1. The molecular formula is C25H28N4O4S. The van der Waals surface area contributed by atoms with Gasteiger partial charge in [-0.05, 0) is 42.7 Å². The highest BCUT2D eigenvalue weighted by Crippen LogP contribution is 2.33. The number of aromatic nitrogens is 3. The molecule has 0 fully saturated rings. The predicted molar refractivity (Wildman–Crippen MR) is 132 cm³/mol. The number of amides is 1. The van der Waals surface area contributed by atoms with E-state index in [1.165, 1.54) is 12.1 Å². The van der Waals surface area contributed by atoms with Crippen molar-refractivity contribution in [1.29, 1.82) is 0 Å². The molecule has 0 atom stereocenters. The lowest BCUT2D eigenvalue weighted by Gasteiger charge is -2.08. The summed E-state index contributed by atoms with van der Waals surface area (Å²) in [5.74, 6) is 0.896. The third kappa shape index (κ3) is 5.20. The van der Waals surface area contributed by atoms with Crippen molar-refractivity contribution in [3.8, 4) is 22.7 Å². The van der Waals surface area contributed by atoms with Gasteiger partial charge < -0.3 is 9.73 Å². The van der Waals surface area contributed by atoms with Crippen LogP contribution in [0, 0.1) is 5.92 Å². The van der Waals surface area contributed by atoms with Crippen LogP contribution in [0.25, 0.3) is 33.8 Å². The highest BCUT2D eigenvalue weighted by molar-refractivity contribution is 7.91. The Labute approximate surface area is 198 Å². The van der Waals surface area contributed by atoms with Crippen molar-refractivity contribution < 1.29 is 17.6 Å². The minimum Gasteiger partial charge on any atom is -0.436 e. The van der Waals surface area contributed by atoms with Gasteiger partial charge in [0.05, 0.1) is 16.2 Å². The van der Waals surface area contributed by atoms with Gasteiger partial charge in [-0.2, -0.15) is 5.10 Å². The first-order valence-electron chi connectivity index (χ1n) is 11.3. The van der Waals surface area contributed by atoms with Crippen molar-refractivity contribution in [1.82, 2.24) is 15.2 Å². The number of nitrogens with zero attached hydrogens (tertiary/aromatic N) is 2. The molecule has 2 heterocycles. The molecule has 0 bridgehead atoms. The third-order valence-electron chi connectivity index (χ3n) is 5.57. The lowest BCUT2D eigenvalue weighted by atomic mass is 10.1. The molecule has 0 aliphatic heterocycles. The monoisotopic (exact) mass is 480 g/mol. The van der Waals surface area contributed by atoms with Crippen LogP contribution in [-0.2, 0) is 14.6 Å². The Morgan fingerprint density at radius 3 is 2.76 bits per heavy atom. The van der Waals surface area contributed by atoms with E-state index in [1.54, 1.807) is 19.2 Å². The average molecular weight is 481 g/mol. The molecule has 0 spiro atoms. The number of benzene rings is 2. The van der Waals surface area contributed by atoms with E-state index >= 15 is 0 Å². The number of sulfone groups is 1. The van der Waals surface area contributed by atoms with E-state index < -0.39 is 9.84 Å². The summed E-state index contributed by atoms with van der Waals surface area (Å²) in [4.78, 5) is 17.0. The Hall–Kier alpha value is -3.46. The predicted octanol–water partition coefficient (Wildman–Crippen LogP) is 5.44. The van der Waals surface area contributed by atoms with Gasteiger partial charge >= 0.3 is 0 Å². The zero-order valence-corrected chi connectivity index (χ0v) is 20.3. The first kappa shape index (κ1) is 23.7. The number of fused-ring (bicyclic) bond motifs is 1. The van der Waals surface area contributed by atoms with E-state index in [2.05, 4.69) is 34.3 Å². The Morgan fingerprint density at radius 1 is 1.18 bits per heavy atom. The van der Waals surface area contributed by atoms with Gasteiger partial charge in [0.15, 0.2) is 15.4 Å². The summed E-state index contributed by atoms with van der Waals surface area (Å²) in [5.41, 5.74) is 3.67. The molecule has 178 valence electrons. The standard InChI is InChI=1S/C25H28N4O4S/c1-4-34(31,32)19-11-12-22-21(14-19)28-25(33-22)20-15-26-29-24(20)17-8-6-9-18(13-17)27-23(30)10-5-7-16(2)3/h6,8-9,11-16H,4-5,7,10H2,1-3H3,(H,26,29)(H,27,30). The maximum atomic E-state index is 12.3. The van der Waals surface area contributed by atoms with Gasteiger partial charge in [-0.1, -0.05) is 39.3 Å². The van der Waals surface area contributed by atoms with Crippen LogP contribution in [0.2, 0.25) is 0 Å². The molecule has 2 aromatic heterocycles. The molecule has 0 aliphatic rings. The smallest absolute Gasteiger partial charge is 0.231 e. The lowest BCUT2D eigenvalue weighted by molar-refractivity contribution is -0.116. The van der Waals surface area contributed by atoms with E-state index in [1.807, 2.05) is 24.3 Å². The summed E-state index contributed by atoms with van der Waals surface area (Å²) in [6.07, 6.45) is 4.03. The molecule has 0 radical (unpaired) electrons. The molecule has 34 heavy (non-hydrogen) atoms. The number of nitrogens with one attached hydrogen (secondary N) is 2. The first-order valence-corrected chi connectivity index (χ1v) is 13.0. The molecule has 0 unspecified atom stereocenters. The number of aromatic amines is 1. The molecule has 2 N–H and O–H groups in total. The second kappa shape index (κ2) is 9.80. The first-order chi connectivity index (χ1) is 16.3. The van der Waals surface area contributed by atoms with E-state index in [4.69, 9.17) is 4.42 Å². The maximum Gasteiger partial charge on any atom is 0.231 e. The van der Waals surface area contributed by atoms with Crippen molar-refractivity contribution >= 4 is 32.5 Å². The summed E-state index contributed by atoms with van der Waals surface area (Å²) in [6.45, 7) is 5.89. The zero-order valence-electron chi connectivity index (χ0n) is 19.5. The van der Waals surface area contributed by atoms with Gasteiger partial charge in [-0.15, -0.1) is 0 Å². The van der Waals surface area contributed by atoms with Crippen LogP contribution in [0.3, 0.4) is 0 Å². The number of carbonyl (C=O) groups is 1. The SMILES string of the molecule is CCS(=O)(=O)c1ccc2oc(-c3c[nH]nc3-c3cccc(NC(=O)CCCC(C)C)c3)nc2c1. The van der Waals surface area contributed by atoms with Crippen molar-refractivity contribution in [3.63, 3.8) is 0 Å². The minimum atomic E-state index is -3.35. The second-order valence-electron chi connectivity index (χ2n) is 8.61. The summed E-state index contributed by atoms with van der Waals surface area (Å²) in [6, 6.07) is 12.1. The van der Waals surface area contributed by atoms with Crippen LogP contribution < -0.4 is 5.32 Å². The average Bonchev–Trinajstić information content (AvgIpc) is 3.45. The highest BCUT2D eigenvalue weighted by Gasteiger charge is 2.19. The van der Waals surface area contributed by atoms with Crippen molar-refractivity contribution in [2.75, 3.05) is 11.1 Å². The van der Waals surface area contributed by atoms with Gasteiger partial charge in [-0.25, -0.2) is 13.4 Å². The Morgan fingerprint density at radius 2 is 2.00 bits per heavy atom. The zero-order chi connectivity index (χ0) is 24.3. The summed E-state index contributed by atoms with van der Waals surface area (Å²) in [7, 11) is -3.35. The molecular weight excluding hydrogens is 452 g/mol. The largest absolute Gasteiger partial charge is 0.436 e. The number of carbonyl (C=O) groups excluding carboxylic acids is 1. The number of anilines is 1. The van der Waals surface area contributed by atoms with Crippen LogP contribution in [0.4, 0.5) is 5.69 Å². The van der Waals surface area contributed by atoms with Crippen LogP contribution in [0.1, 0.15) is 40.0 Å². The number of rotatable bonds is 9. The number of H-pyrrole nitrogens is 1. The Kier molecular flexibility index (Phi) is 6.83. The van der Waals surface area contributed by atoms with E-state index in [0.29, 0.717) is 46.3 Å². The summed E-state index contributed by atoms with van der Waals surface area (Å²) in [5, 5.41) is 10.2. The minimum absolute atomic E-state index is 0.0136. The normalized spacial score (nSPS) is 11.9. The van der Waals surface area contributed by atoms with Gasteiger partial charge in [0.2, 0.25) is 11.8 Å². The Bertz CT molecular complexity index is 1420. The van der Waals surface area contributed by atoms with Crippen molar-refractivity contribution in [2.45, 2.75) is 44.9 Å². The van der Waals surface area contributed by atoms with Crippen LogP contribution in [0.15, 0.2) is 58.0 Å². The maximum absolute atomic E-state index is 12.3. The fourth-order valence-electron chi connectivity index (χ4n) is 3.69. The van der Waals surface area contributed by atoms with Gasteiger partial charge in [0.1, 0.15) is 11.2 Å². The molecule has 1 amide bonds. The number of hydrogen-bond donors (Lipinski definition) is 2. The summed E-state index contributed by atoms with van der Waals surface area (Å²) < 4.78 is 30.3. The molecule has 4 aromatic rings. The van der Waals surface area contributed by atoms with E-state index in [0.717, 1.165) is 18.4 Å². The summed E-state index contributed by atoms with van der Waals surface area (Å²) >= 11 is 0. The molecule has 0 saturated carbocycles. The van der Waals surface area contributed by atoms with Crippen LogP contribution in [0.5, 0.6) is 0 Å². The van der Waals surface area contributed by atoms with E-state index in [-0.39, 0.29) is 16.6 Å². The third-order valence-corrected chi connectivity index (χ3v) is 7.31. The van der Waals surface area contributed by atoms with Crippen molar-refractivity contribution in [2.24, 2.45) is 5.92 Å². The fraction of sp³-hybridized carbons (Fsp3) is 0.320. The second-order valence-corrected chi connectivity index (χ2v) is 10.9. The van der Waals surface area contributed by atoms with Gasteiger partial charge in [-0.3, -0.25) is 9.89 Å². The van der Waals surface area contributed by atoms with E-state index in [9.17, 15) is 13.2 Å². The molecule has 0 aliphatic carbocycles. The molecule has 4 rings (SSSR count). The van der Waals surface area contributed by atoms with Crippen LogP contribution >= 0.6 is 0 Å².